The average Bonchev–Trinajstić information content (AvgIpc) is 2.93. The van der Waals surface area contributed by atoms with Gasteiger partial charge in [0.05, 0.1) is 12.2 Å². The highest BCUT2D eigenvalue weighted by Crippen LogP contribution is 2.44. The summed E-state index contributed by atoms with van der Waals surface area (Å²) >= 11 is 0. The summed E-state index contributed by atoms with van der Waals surface area (Å²) in [5, 5.41) is 11.3. The third-order valence-corrected chi connectivity index (χ3v) is 4.73. The maximum Gasteiger partial charge on any atom is 0.268 e. The van der Waals surface area contributed by atoms with Gasteiger partial charge in [0.15, 0.2) is 5.60 Å². The summed E-state index contributed by atoms with van der Waals surface area (Å²) in [5.41, 5.74) is 0.0391. The zero-order valence-corrected chi connectivity index (χ0v) is 14.5. The Hall–Kier alpha value is -3.18. The van der Waals surface area contributed by atoms with E-state index in [1.165, 1.54) is 29.2 Å². The molecule has 1 amide bonds. The van der Waals surface area contributed by atoms with Crippen LogP contribution < -0.4 is 9.64 Å². The van der Waals surface area contributed by atoms with E-state index in [1.807, 2.05) is 18.2 Å². The molecular weight excluding hydrogens is 345 g/mol. The van der Waals surface area contributed by atoms with Gasteiger partial charge in [0.1, 0.15) is 18.2 Å². The fraction of sp³-hybridized carbons (Fsp3) is 0.136. The van der Waals surface area contributed by atoms with Crippen molar-refractivity contribution in [1.29, 1.82) is 0 Å². The van der Waals surface area contributed by atoms with Crippen LogP contribution in [0.15, 0.2) is 78.9 Å². The van der Waals surface area contributed by atoms with Crippen LogP contribution in [0.25, 0.3) is 0 Å². The molecule has 0 aromatic heterocycles. The molecule has 136 valence electrons. The maximum absolute atomic E-state index is 13.1. The van der Waals surface area contributed by atoms with Crippen molar-refractivity contribution in [1.82, 2.24) is 0 Å². The highest BCUT2D eigenvalue weighted by molar-refractivity contribution is 6.09. The summed E-state index contributed by atoms with van der Waals surface area (Å²) in [7, 11) is 0. The number of carbonyl (C=O) groups is 1. The normalized spacial score (nSPS) is 18.4. The van der Waals surface area contributed by atoms with Crippen LogP contribution in [0.2, 0.25) is 0 Å². The molecule has 4 rings (SSSR count). The van der Waals surface area contributed by atoms with Crippen LogP contribution in [-0.2, 0) is 10.4 Å². The number of ether oxygens (including phenoxy) is 1. The SMILES string of the molecule is O=C1N(CCOc2ccc(F)cc2)c2ccccc2C1(O)c1ccccc1. The number of amides is 1. The quantitative estimate of drug-likeness (QED) is 0.755. The number of nitrogens with zero attached hydrogens (tertiary/aromatic N) is 1. The van der Waals surface area contributed by atoms with Crippen molar-refractivity contribution in [2.24, 2.45) is 0 Å². The maximum atomic E-state index is 13.1. The second-order valence-electron chi connectivity index (χ2n) is 6.35. The number of hydrogen-bond donors (Lipinski definition) is 1. The monoisotopic (exact) mass is 363 g/mol. The van der Waals surface area contributed by atoms with Gasteiger partial charge in [0.25, 0.3) is 5.91 Å². The van der Waals surface area contributed by atoms with E-state index >= 15 is 0 Å². The van der Waals surface area contributed by atoms with Crippen molar-refractivity contribution in [3.05, 3.63) is 95.8 Å². The van der Waals surface area contributed by atoms with Crippen LogP contribution >= 0.6 is 0 Å². The predicted octanol–water partition coefficient (Wildman–Crippen LogP) is 3.49. The van der Waals surface area contributed by atoms with Gasteiger partial charge in [-0.15, -0.1) is 0 Å². The number of hydrogen-bond acceptors (Lipinski definition) is 3. The molecule has 27 heavy (non-hydrogen) atoms. The van der Waals surface area contributed by atoms with Crippen LogP contribution in [0, 0.1) is 5.82 Å². The van der Waals surface area contributed by atoms with E-state index in [0.29, 0.717) is 22.6 Å². The molecule has 0 spiro atoms. The molecule has 1 atom stereocenters. The minimum atomic E-state index is -1.71. The van der Waals surface area contributed by atoms with E-state index in [2.05, 4.69) is 0 Å². The number of aliphatic hydroxyl groups is 1. The van der Waals surface area contributed by atoms with Gasteiger partial charge in [0.2, 0.25) is 0 Å². The molecule has 1 heterocycles. The first-order chi connectivity index (χ1) is 13.1. The van der Waals surface area contributed by atoms with Crippen LogP contribution in [0.3, 0.4) is 0 Å². The molecule has 0 radical (unpaired) electrons. The topological polar surface area (TPSA) is 49.8 Å². The van der Waals surface area contributed by atoms with Crippen molar-refractivity contribution in [3.8, 4) is 5.75 Å². The Morgan fingerprint density at radius 3 is 2.33 bits per heavy atom. The second-order valence-corrected chi connectivity index (χ2v) is 6.35. The molecule has 0 fully saturated rings. The molecule has 1 unspecified atom stereocenters. The van der Waals surface area contributed by atoms with Gasteiger partial charge in [-0.05, 0) is 35.9 Å². The van der Waals surface area contributed by atoms with Gasteiger partial charge >= 0.3 is 0 Å². The minimum Gasteiger partial charge on any atom is -0.492 e. The zero-order valence-electron chi connectivity index (χ0n) is 14.5. The van der Waals surface area contributed by atoms with Crippen molar-refractivity contribution >= 4 is 11.6 Å². The largest absolute Gasteiger partial charge is 0.492 e. The average molecular weight is 363 g/mol. The number of fused-ring (bicyclic) bond motifs is 1. The summed E-state index contributed by atoms with van der Waals surface area (Å²) in [6.07, 6.45) is 0. The van der Waals surface area contributed by atoms with Gasteiger partial charge < -0.3 is 14.7 Å². The number of benzene rings is 3. The first kappa shape index (κ1) is 17.2. The first-order valence-electron chi connectivity index (χ1n) is 8.68. The minimum absolute atomic E-state index is 0.219. The molecular formula is C22H18FNO3. The van der Waals surface area contributed by atoms with Crippen LogP contribution in [0.1, 0.15) is 11.1 Å². The molecule has 0 aliphatic carbocycles. The molecule has 0 bridgehead atoms. The lowest BCUT2D eigenvalue weighted by molar-refractivity contribution is -0.132. The van der Waals surface area contributed by atoms with Crippen LogP contribution in [0.4, 0.5) is 10.1 Å². The fourth-order valence-corrected chi connectivity index (χ4v) is 3.40. The summed E-state index contributed by atoms with van der Waals surface area (Å²) < 4.78 is 18.6. The van der Waals surface area contributed by atoms with E-state index in [1.54, 1.807) is 36.4 Å². The Balaban J connectivity index is 1.59. The zero-order chi connectivity index (χ0) is 18.9. The highest BCUT2D eigenvalue weighted by atomic mass is 19.1. The molecule has 3 aromatic carbocycles. The van der Waals surface area contributed by atoms with Gasteiger partial charge in [-0.25, -0.2) is 4.39 Å². The van der Waals surface area contributed by atoms with Gasteiger partial charge in [-0.2, -0.15) is 0 Å². The fourth-order valence-electron chi connectivity index (χ4n) is 3.40. The van der Waals surface area contributed by atoms with Gasteiger partial charge in [0, 0.05) is 5.56 Å². The Labute approximate surface area is 156 Å². The molecule has 3 aromatic rings. The summed E-state index contributed by atoms with van der Waals surface area (Å²) in [5.74, 6) is -0.216. The van der Waals surface area contributed by atoms with Crippen molar-refractivity contribution in [3.63, 3.8) is 0 Å². The van der Waals surface area contributed by atoms with E-state index < -0.39 is 11.5 Å². The van der Waals surface area contributed by atoms with E-state index in [4.69, 9.17) is 4.74 Å². The molecule has 0 saturated heterocycles. The lowest BCUT2D eigenvalue weighted by Crippen LogP contribution is -2.42. The standard InChI is InChI=1S/C22H18FNO3/c23-17-10-12-18(13-11-17)27-15-14-24-20-9-5-4-8-19(20)22(26,21(24)25)16-6-2-1-3-7-16/h1-13,26H,14-15H2. The number of carbonyl (C=O) groups excluding carboxylic acids is 1. The summed E-state index contributed by atoms with van der Waals surface area (Å²) in [6, 6.07) is 21.8. The lowest BCUT2D eigenvalue weighted by atomic mass is 9.88. The third-order valence-electron chi connectivity index (χ3n) is 4.73. The summed E-state index contributed by atoms with van der Waals surface area (Å²) in [4.78, 5) is 14.7. The third kappa shape index (κ3) is 2.96. The Kier molecular flexibility index (Phi) is 4.38. The molecule has 1 aliphatic rings. The van der Waals surface area contributed by atoms with Crippen LogP contribution in [0.5, 0.6) is 5.75 Å². The number of anilines is 1. The predicted molar refractivity (Wildman–Crippen MR) is 100 cm³/mol. The molecule has 5 heteroatoms. The molecule has 4 nitrogen and oxygen atoms in total. The van der Waals surface area contributed by atoms with Gasteiger partial charge in [-0.1, -0.05) is 48.5 Å². The van der Waals surface area contributed by atoms with Gasteiger partial charge in [-0.3, -0.25) is 4.79 Å². The Bertz CT molecular complexity index is 959. The van der Waals surface area contributed by atoms with E-state index in [-0.39, 0.29) is 19.0 Å². The van der Waals surface area contributed by atoms with Crippen molar-refractivity contribution in [2.45, 2.75) is 5.60 Å². The van der Waals surface area contributed by atoms with Crippen molar-refractivity contribution < 1.29 is 19.0 Å². The van der Waals surface area contributed by atoms with Crippen LogP contribution in [-0.4, -0.2) is 24.2 Å². The smallest absolute Gasteiger partial charge is 0.268 e. The molecule has 0 saturated carbocycles. The Morgan fingerprint density at radius 2 is 1.59 bits per heavy atom. The molecule has 1 aliphatic heterocycles. The van der Waals surface area contributed by atoms with E-state index in [9.17, 15) is 14.3 Å². The number of halogens is 1. The molecule has 1 N–H and O–H groups in total. The lowest BCUT2D eigenvalue weighted by Gasteiger charge is -2.23. The first-order valence-corrected chi connectivity index (χ1v) is 8.68. The second kappa shape index (κ2) is 6.85. The highest BCUT2D eigenvalue weighted by Gasteiger charge is 2.50. The number of rotatable bonds is 5. The number of para-hydroxylation sites is 1. The van der Waals surface area contributed by atoms with Crippen molar-refractivity contribution in [2.75, 3.05) is 18.1 Å². The van der Waals surface area contributed by atoms with E-state index in [0.717, 1.165) is 0 Å². The Morgan fingerprint density at radius 1 is 0.926 bits per heavy atom. The summed E-state index contributed by atoms with van der Waals surface area (Å²) in [6.45, 7) is 0.485.